The number of nitrogens with one attached hydrogen (secondary N) is 1. The number of rotatable bonds is 2. The zero-order valence-corrected chi connectivity index (χ0v) is 9.64. The molecule has 0 bridgehead atoms. The second-order valence-corrected chi connectivity index (χ2v) is 4.10. The third-order valence-electron chi connectivity index (χ3n) is 3.05. The predicted octanol–water partition coefficient (Wildman–Crippen LogP) is 2.33. The molecule has 0 saturated carbocycles. The Hall–Kier alpha value is -1.97. The summed E-state index contributed by atoms with van der Waals surface area (Å²) in [5, 5.41) is 0. The first-order chi connectivity index (χ1) is 8.36. The minimum absolute atomic E-state index is 0.217. The molecular weight excluding hydrogens is 216 g/mol. The van der Waals surface area contributed by atoms with E-state index in [9.17, 15) is 0 Å². The molecule has 2 aromatic rings. The fraction of sp³-hybridized carbons (Fsp3) is 0.308. The van der Waals surface area contributed by atoms with Gasteiger partial charge in [0, 0.05) is 23.4 Å². The van der Waals surface area contributed by atoms with Gasteiger partial charge in [-0.25, -0.2) is 4.98 Å². The van der Waals surface area contributed by atoms with Crippen LogP contribution in [0, 0.1) is 0 Å². The van der Waals surface area contributed by atoms with Crippen LogP contribution in [0.15, 0.2) is 30.7 Å². The van der Waals surface area contributed by atoms with Gasteiger partial charge in [0.05, 0.1) is 6.33 Å². The van der Waals surface area contributed by atoms with E-state index in [0.717, 1.165) is 22.8 Å². The molecule has 0 radical (unpaired) electrons. The van der Waals surface area contributed by atoms with Crippen LogP contribution in [0.4, 0.5) is 0 Å². The van der Waals surface area contributed by atoms with Crippen LogP contribution in [0.2, 0.25) is 0 Å². The number of aromatic amines is 1. The first-order valence-electron chi connectivity index (χ1n) is 5.73. The maximum atomic E-state index is 5.71. The van der Waals surface area contributed by atoms with Crippen LogP contribution in [-0.2, 0) is 0 Å². The van der Waals surface area contributed by atoms with Gasteiger partial charge < -0.3 is 14.5 Å². The van der Waals surface area contributed by atoms with Gasteiger partial charge in [-0.15, -0.1) is 0 Å². The molecule has 17 heavy (non-hydrogen) atoms. The molecule has 0 saturated heterocycles. The third kappa shape index (κ3) is 1.75. The van der Waals surface area contributed by atoms with E-state index in [1.807, 2.05) is 18.3 Å². The van der Waals surface area contributed by atoms with Gasteiger partial charge in [0.25, 0.3) is 0 Å². The van der Waals surface area contributed by atoms with E-state index < -0.39 is 0 Å². The van der Waals surface area contributed by atoms with Crippen molar-refractivity contribution in [3.8, 4) is 11.5 Å². The van der Waals surface area contributed by atoms with Crippen molar-refractivity contribution >= 4 is 0 Å². The van der Waals surface area contributed by atoms with Crippen LogP contribution in [-0.4, -0.2) is 23.2 Å². The lowest BCUT2D eigenvalue weighted by molar-refractivity contribution is 0.169. The van der Waals surface area contributed by atoms with Crippen molar-refractivity contribution in [3.63, 3.8) is 0 Å². The highest BCUT2D eigenvalue weighted by Crippen LogP contribution is 2.39. The lowest BCUT2D eigenvalue weighted by Gasteiger charge is -2.23. The molecule has 4 nitrogen and oxygen atoms in total. The standard InChI is InChI=1S/C13H14N2O2/c1-9(11-7-14-8-15-11)10-3-2-4-12-13(10)17-6-5-16-12/h2-4,7-9H,5-6H2,1H3,(H,14,15). The number of para-hydroxylation sites is 1. The molecule has 0 spiro atoms. The van der Waals surface area contributed by atoms with Gasteiger partial charge in [0.15, 0.2) is 11.5 Å². The first-order valence-corrected chi connectivity index (χ1v) is 5.73. The zero-order chi connectivity index (χ0) is 11.7. The van der Waals surface area contributed by atoms with Crippen molar-refractivity contribution in [1.29, 1.82) is 0 Å². The molecule has 1 aliphatic rings. The highest BCUT2D eigenvalue weighted by molar-refractivity contribution is 5.50. The van der Waals surface area contributed by atoms with Gasteiger partial charge >= 0.3 is 0 Å². The van der Waals surface area contributed by atoms with Crippen LogP contribution in [0.5, 0.6) is 11.5 Å². The highest BCUT2D eigenvalue weighted by atomic mass is 16.6. The predicted molar refractivity (Wildman–Crippen MR) is 63.5 cm³/mol. The number of aromatic nitrogens is 2. The third-order valence-corrected chi connectivity index (χ3v) is 3.05. The zero-order valence-electron chi connectivity index (χ0n) is 9.64. The molecule has 4 heteroatoms. The normalized spacial score (nSPS) is 15.6. The Kier molecular flexibility index (Phi) is 2.48. The number of benzene rings is 1. The van der Waals surface area contributed by atoms with E-state index in [4.69, 9.17) is 9.47 Å². The summed E-state index contributed by atoms with van der Waals surface area (Å²) in [5.41, 5.74) is 2.21. The van der Waals surface area contributed by atoms with E-state index >= 15 is 0 Å². The summed E-state index contributed by atoms with van der Waals surface area (Å²) in [6.45, 7) is 3.36. The molecule has 1 aliphatic heterocycles. The van der Waals surface area contributed by atoms with Crippen LogP contribution in [0.1, 0.15) is 24.1 Å². The summed E-state index contributed by atoms with van der Waals surface area (Å²) in [4.78, 5) is 7.19. The van der Waals surface area contributed by atoms with E-state index in [-0.39, 0.29) is 5.92 Å². The van der Waals surface area contributed by atoms with Crippen LogP contribution in [0.25, 0.3) is 0 Å². The Balaban J connectivity index is 2.03. The molecule has 0 amide bonds. The number of nitrogens with zero attached hydrogens (tertiary/aromatic N) is 1. The molecule has 0 aliphatic carbocycles. The van der Waals surface area contributed by atoms with Gasteiger partial charge in [-0.2, -0.15) is 0 Å². The largest absolute Gasteiger partial charge is 0.486 e. The van der Waals surface area contributed by atoms with Crippen molar-refractivity contribution in [2.75, 3.05) is 13.2 Å². The van der Waals surface area contributed by atoms with Gasteiger partial charge in [-0.1, -0.05) is 19.1 Å². The van der Waals surface area contributed by atoms with Crippen LogP contribution >= 0.6 is 0 Å². The lowest BCUT2D eigenvalue weighted by Crippen LogP contribution is -2.17. The average molecular weight is 230 g/mol. The maximum Gasteiger partial charge on any atom is 0.165 e. The summed E-state index contributed by atoms with van der Waals surface area (Å²) in [7, 11) is 0. The first kappa shape index (κ1) is 10.2. The molecule has 0 fully saturated rings. The van der Waals surface area contributed by atoms with Gasteiger partial charge in [0.2, 0.25) is 0 Å². The van der Waals surface area contributed by atoms with E-state index in [1.165, 1.54) is 0 Å². The quantitative estimate of drug-likeness (QED) is 0.861. The topological polar surface area (TPSA) is 47.1 Å². The summed E-state index contributed by atoms with van der Waals surface area (Å²) in [6, 6.07) is 6.01. The van der Waals surface area contributed by atoms with Crippen LogP contribution in [0.3, 0.4) is 0 Å². The van der Waals surface area contributed by atoms with Gasteiger partial charge in [0.1, 0.15) is 13.2 Å². The van der Waals surface area contributed by atoms with Gasteiger partial charge in [-0.3, -0.25) is 0 Å². The highest BCUT2D eigenvalue weighted by Gasteiger charge is 2.20. The van der Waals surface area contributed by atoms with E-state index in [2.05, 4.69) is 23.0 Å². The molecule has 2 heterocycles. The summed E-state index contributed by atoms with van der Waals surface area (Å²) < 4.78 is 11.3. The van der Waals surface area contributed by atoms with E-state index in [0.29, 0.717) is 13.2 Å². The monoisotopic (exact) mass is 230 g/mol. The molecule has 1 N–H and O–H groups in total. The van der Waals surface area contributed by atoms with E-state index in [1.54, 1.807) is 6.33 Å². The number of fused-ring (bicyclic) bond motifs is 1. The Labute approximate surface area is 99.6 Å². The number of ether oxygens (including phenoxy) is 2. The van der Waals surface area contributed by atoms with Crippen molar-refractivity contribution < 1.29 is 9.47 Å². The van der Waals surface area contributed by atoms with Crippen molar-refractivity contribution in [2.45, 2.75) is 12.8 Å². The van der Waals surface area contributed by atoms with Gasteiger partial charge in [-0.05, 0) is 6.07 Å². The lowest BCUT2D eigenvalue weighted by atomic mass is 9.97. The summed E-state index contributed by atoms with van der Waals surface area (Å²) >= 11 is 0. The SMILES string of the molecule is CC(c1cnc[nH]1)c1cccc2c1OCCO2. The molecule has 1 aromatic carbocycles. The molecule has 1 atom stereocenters. The van der Waals surface area contributed by atoms with Crippen molar-refractivity contribution in [1.82, 2.24) is 9.97 Å². The molecule has 3 rings (SSSR count). The number of hydrogen-bond acceptors (Lipinski definition) is 3. The molecule has 1 aromatic heterocycles. The molecule has 88 valence electrons. The Morgan fingerprint density at radius 2 is 2.18 bits per heavy atom. The molecule has 1 unspecified atom stereocenters. The van der Waals surface area contributed by atoms with Crippen molar-refractivity contribution in [2.24, 2.45) is 0 Å². The maximum absolute atomic E-state index is 5.71. The number of imidazole rings is 1. The Bertz CT molecular complexity index is 508. The second kappa shape index (κ2) is 4.13. The fourth-order valence-electron chi connectivity index (χ4n) is 2.11. The smallest absolute Gasteiger partial charge is 0.165 e. The Morgan fingerprint density at radius 3 is 3.00 bits per heavy atom. The number of hydrogen-bond donors (Lipinski definition) is 1. The minimum atomic E-state index is 0.217. The molecular formula is C13H14N2O2. The second-order valence-electron chi connectivity index (χ2n) is 4.10. The fourth-order valence-corrected chi connectivity index (χ4v) is 2.11. The average Bonchev–Trinajstić information content (AvgIpc) is 2.91. The van der Waals surface area contributed by atoms with Crippen molar-refractivity contribution in [3.05, 3.63) is 42.0 Å². The Morgan fingerprint density at radius 1 is 1.29 bits per heavy atom. The minimum Gasteiger partial charge on any atom is -0.486 e. The summed E-state index contributed by atoms with van der Waals surface area (Å²) in [5.74, 6) is 1.91. The van der Waals surface area contributed by atoms with Crippen LogP contribution < -0.4 is 9.47 Å². The summed E-state index contributed by atoms with van der Waals surface area (Å²) in [6.07, 6.45) is 3.53. The number of H-pyrrole nitrogens is 1.